The summed E-state index contributed by atoms with van der Waals surface area (Å²) in [5, 5.41) is 0. The SMILES string of the molecule is Fc1cc[c-]c(-c2ccccn2)c1.[Ir]. The van der Waals surface area contributed by atoms with Crippen LogP contribution >= 0.6 is 0 Å². The van der Waals surface area contributed by atoms with Gasteiger partial charge in [0.25, 0.3) is 0 Å². The van der Waals surface area contributed by atoms with Gasteiger partial charge >= 0.3 is 0 Å². The Morgan fingerprint density at radius 2 is 2.07 bits per heavy atom. The molecule has 1 aromatic carbocycles. The summed E-state index contributed by atoms with van der Waals surface area (Å²) < 4.78 is 12.8. The van der Waals surface area contributed by atoms with E-state index in [9.17, 15) is 4.39 Å². The van der Waals surface area contributed by atoms with Crippen molar-refractivity contribution in [1.82, 2.24) is 4.98 Å². The van der Waals surface area contributed by atoms with Crippen LogP contribution in [0, 0.1) is 11.9 Å². The first-order valence-corrected chi connectivity index (χ1v) is 3.95. The number of hydrogen-bond acceptors (Lipinski definition) is 1. The Morgan fingerprint density at radius 1 is 1.21 bits per heavy atom. The number of halogens is 1. The summed E-state index contributed by atoms with van der Waals surface area (Å²) in [6.07, 6.45) is 1.67. The van der Waals surface area contributed by atoms with Crippen LogP contribution in [-0.2, 0) is 20.1 Å². The summed E-state index contributed by atoms with van der Waals surface area (Å²) in [4.78, 5) is 4.09. The zero-order valence-electron chi connectivity index (χ0n) is 7.20. The van der Waals surface area contributed by atoms with Crippen molar-refractivity contribution in [3.8, 4) is 11.3 Å². The molecule has 3 heteroatoms. The third kappa shape index (κ3) is 2.47. The molecule has 1 radical (unpaired) electrons. The number of hydrogen-bond donors (Lipinski definition) is 0. The van der Waals surface area contributed by atoms with E-state index in [2.05, 4.69) is 11.1 Å². The fourth-order valence-electron chi connectivity index (χ4n) is 1.11. The average Bonchev–Trinajstić information content (AvgIpc) is 2.19. The minimum absolute atomic E-state index is 0. The Bertz CT molecular complexity index is 403. The van der Waals surface area contributed by atoms with Gasteiger partial charge in [-0.3, -0.25) is 0 Å². The second-order valence-corrected chi connectivity index (χ2v) is 2.64. The largest absolute Gasteiger partial charge is 0.305 e. The van der Waals surface area contributed by atoms with Gasteiger partial charge in [0.1, 0.15) is 0 Å². The minimum Gasteiger partial charge on any atom is -0.305 e. The van der Waals surface area contributed by atoms with Crippen molar-refractivity contribution < 1.29 is 24.5 Å². The summed E-state index contributed by atoms with van der Waals surface area (Å²) in [5.41, 5.74) is 1.42. The van der Waals surface area contributed by atoms with Crippen LogP contribution in [0.4, 0.5) is 4.39 Å². The molecule has 0 atom stereocenters. The van der Waals surface area contributed by atoms with Crippen molar-refractivity contribution in [2.75, 3.05) is 0 Å². The second kappa shape index (κ2) is 4.99. The van der Waals surface area contributed by atoms with Gasteiger partial charge in [0.15, 0.2) is 0 Å². The maximum atomic E-state index is 12.8. The molecule has 0 bridgehead atoms. The topological polar surface area (TPSA) is 12.9 Å². The summed E-state index contributed by atoms with van der Waals surface area (Å²) in [6.45, 7) is 0. The number of aromatic nitrogens is 1. The van der Waals surface area contributed by atoms with Crippen LogP contribution in [0.2, 0.25) is 0 Å². The minimum atomic E-state index is -0.264. The smallest absolute Gasteiger partial charge is 0.0418 e. The monoisotopic (exact) mass is 365 g/mol. The first kappa shape index (κ1) is 11.0. The number of nitrogens with zero attached hydrogens (tertiary/aromatic N) is 1. The molecule has 2 rings (SSSR count). The van der Waals surface area contributed by atoms with Gasteiger partial charge < -0.3 is 4.98 Å². The van der Waals surface area contributed by atoms with E-state index in [4.69, 9.17) is 0 Å². The average molecular weight is 364 g/mol. The normalized spacial score (nSPS) is 9.21. The predicted octanol–water partition coefficient (Wildman–Crippen LogP) is 2.69. The molecule has 0 N–H and O–H groups in total. The van der Waals surface area contributed by atoms with Crippen LogP contribution in [0.5, 0.6) is 0 Å². The first-order valence-electron chi connectivity index (χ1n) is 3.95. The van der Waals surface area contributed by atoms with Gasteiger partial charge in [0, 0.05) is 32.1 Å². The van der Waals surface area contributed by atoms with E-state index >= 15 is 0 Å². The van der Waals surface area contributed by atoms with Crippen LogP contribution < -0.4 is 0 Å². The molecule has 0 aliphatic rings. The molecule has 1 heterocycles. The van der Waals surface area contributed by atoms with Crippen molar-refractivity contribution in [2.45, 2.75) is 0 Å². The van der Waals surface area contributed by atoms with E-state index < -0.39 is 0 Å². The maximum absolute atomic E-state index is 12.8. The molecule has 14 heavy (non-hydrogen) atoms. The molecular formula is C11H7FIrN-. The van der Waals surface area contributed by atoms with Gasteiger partial charge in [-0.05, 0) is 11.8 Å². The van der Waals surface area contributed by atoms with Gasteiger partial charge in [-0.2, -0.15) is 0 Å². The molecule has 0 fully saturated rings. The Hall–Kier alpha value is -1.05. The van der Waals surface area contributed by atoms with Gasteiger partial charge in [-0.15, -0.1) is 29.8 Å². The summed E-state index contributed by atoms with van der Waals surface area (Å²) in [5.74, 6) is -0.264. The molecule has 0 amide bonds. The Labute approximate surface area is 95.4 Å². The predicted molar refractivity (Wildman–Crippen MR) is 48.5 cm³/mol. The van der Waals surface area contributed by atoms with Crippen molar-refractivity contribution in [3.05, 3.63) is 54.5 Å². The van der Waals surface area contributed by atoms with E-state index in [0.29, 0.717) is 5.56 Å². The maximum Gasteiger partial charge on any atom is 0.0418 e. The van der Waals surface area contributed by atoms with Crippen LogP contribution in [0.1, 0.15) is 0 Å². The van der Waals surface area contributed by atoms with E-state index in [0.717, 1.165) is 5.69 Å². The van der Waals surface area contributed by atoms with Crippen LogP contribution in [-0.4, -0.2) is 4.98 Å². The third-order valence-electron chi connectivity index (χ3n) is 1.70. The van der Waals surface area contributed by atoms with Crippen molar-refractivity contribution >= 4 is 0 Å². The number of benzene rings is 1. The fraction of sp³-hybridized carbons (Fsp3) is 0. The van der Waals surface area contributed by atoms with Gasteiger partial charge in [0.2, 0.25) is 0 Å². The summed E-state index contributed by atoms with van der Waals surface area (Å²) in [7, 11) is 0. The Morgan fingerprint density at radius 3 is 2.71 bits per heavy atom. The summed E-state index contributed by atoms with van der Waals surface area (Å²) in [6, 6.07) is 12.8. The van der Waals surface area contributed by atoms with Gasteiger partial charge in [0.05, 0.1) is 0 Å². The summed E-state index contributed by atoms with van der Waals surface area (Å²) >= 11 is 0. The molecule has 73 valence electrons. The standard InChI is InChI=1S/C11H7FN.Ir/c12-10-5-3-4-9(8-10)11-6-1-2-7-13-11;/h1-3,5-8H;/q-1;. The molecule has 1 aromatic heterocycles. The molecule has 0 spiro atoms. The molecular weight excluding hydrogens is 357 g/mol. The Kier molecular flexibility index (Phi) is 3.93. The van der Waals surface area contributed by atoms with E-state index in [1.807, 2.05) is 18.2 Å². The van der Waals surface area contributed by atoms with Crippen molar-refractivity contribution in [3.63, 3.8) is 0 Å². The van der Waals surface area contributed by atoms with E-state index in [1.54, 1.807) is 12.3 Å². The van der Waals surface area contributed by atoms with Crippen LogP contribution in [0.25, 0.3) is 11.3 Å². The zero-order chi connectivity index (χ0) is 9.10. The fourth-order valence-corrected chi connectivity index (χ4v) is 1.11. The van der Waals surface area contributed by atoms with Gasteiger partial charge in [-0.1, -0.05) is 12.1 Å². The molecule has 2 aromatic rings. The van der Waals surface area contributed by atoms with Gasteiger partial charge in [-0.25, -0.2) is 4.39 Å². The van der Waals surface area contributed by atoms with Crippen LogP contribution in [0.3, 0.4) is 0 Å². The first-order chi connectivity index (χ1) is 6.36. The molecule has 0 aliphatic heterocycles. The molecule has 0 saturated carbocycles. The molecule has 0 unspecified atom stereocenters. The quantitative estimate of drug-likeness (QED) is 0.709. The Balaban J connectivity index is 0.000000980. The van der Waals surface area contributed by atoms with E-state index in [-0.39, 0.29) is 25.9 Å². The van der Waals surface area contributed by atoms with Crippen molar-refractivity contribution in [1.29, 1.82) is 0 Å². The molecule has 0 saturated heterocycles. The third-order valence-corrected chi connectivity index (χ3v) is 1.70. The molecule has 0 aliphatic carbocycles. The number of rotatable bonds is 1. The van der Waals surface area contributed by atoms with Crippen molar-refractivity contribution in [2.24, 2.45) is 0 Å². The number of pyridine rings is 1. The zero-order valence-corrected chi connectivity index (χ0v) is 9.60. The van der Waals surface area contributed by atoms with E-state index in [1.165, 1.54) is 12.1 Å². The van der Waals surface area contributed by atoms with Crippen LogP contribution in [0.15, 0.2) is 42.6 Å². The molecule has 1 nitrogen and oxygen atoms in total. The second-order valence-electron chi connectivity index (χ2n) is 2.64.